The van der Waals surface area contributed by atoms with Crippen LogP contribution in [0.1, 0.15) is 18.9 Å². The maximum absolute atomic E-state index is 12.4. The molecule has 0 spiro atoms. The maximum atomic E-state index is 12.4. The fraction of sp³-hybridized carbons (Fsp3) is 0.200. The van der Waals surface area contributed by atoms with E-state index < -0.39 is 5.91 Å². The lowest BCUT2D eigenvalue weighted by molar-refractivity contribution is -0.112. The Hall–Kier alpha value is -2.05. The van der Waals surface area contributed by atoms with Crippen molar-refractivity contribution in [1.29, 1.82) is 5.26 Å². The first-order chi connectivity index (χ1) is 13.0. The average Bonchev–Trinajstić information content (AvgIpc) is 2.66. The molecule has 27 heavy (non-hydrogen) atoms. The van der Waals surface area contributed by atoms with Gasteiger partial charge in [-0.15, -0.1) is 0 Å². The topological polar surface area (TPSA) is 71.3 Å². The van der Waals surface area contributed by atoms with E-state index in [9.17, 15) is 10.1 Å². The fourth-order valence-electron chi connectivity index (χ4n) is 2.21. The van der Waals surface area contributed by atoms with Crippen LogP contribution in [-0.2, 0) is 4.79 Å². The first-order valence-electron chi connectivity index (χ1n) is 8.17. The van der Waals surface area contributed by atoms with E-state index in [1.807, 2.05) is 31.2 Å². The third-order valence-electron chi connectivity index (χ3n) is 3.48. The van der Waals surface area contributed by atoms with E-state index in [0.717, 1.165) is 14.5 Å². The van der Waals surface area contributed by atoms with Crippen LogP contribution in [-0.4, -0.2) is 19.6 Å². The van der Waals surface area contributed by atoms with Gasteiger partial charge in [0.05, 0.1) is 17.3 Å². The monoisotopic (exact) mass is 540 g/mol. The predicted molar refractivity (Wildman–Crippen MR) is 118 cm³/mol. The lowest BCUT2D eigenvalue weighted by atomic mass is 10.1. The smallest absolute Gasteiger partial charge is 0.266 e. The number of benzene rings is 2. The molecular weight excluding hydrogens is 523 g/mol. The molecule has 5 nitrogen and oxygen atoms in total. The lowest BCUT2D eigenvalue weighted by Gasteiger charge is -2.13. The van der Waals surface area contributed by atoms with Gasteiger partial charge in [0.1, 0.15) is 11.6 Å². The second-order valence-electron chi connectivity index (χ2n) is 5.51. The third-order valence-corrected chi connectivity index (χ3v) is 4.81. The Bertz CT molecular complexity index is 889. The van der Waals surface area contributed by atoms with Gasteiger partial charge < -0.3 is 14.8 Å². The first kappa shape index (κ1) is 21.3. The van der Waals surface area contributed by atoms with E-state index in [4.69, 9.17) is 9.47 Å². The number of hydrogen-bond acceptors (Lipinski definition) is 4. The molecule has 140 valence electrons. The van der Waals surface area contributed by atoms with Crippen molar-refractivity contribution in [3.05, 3.63) is 55.6 Å². The van der Waals surface area contributed by atoms with Gasteiger partial charge in [-0.05, 0) is 77.0 Å². The third kappa shape index (κ3) is 5.97. The van der Waals surface area contributed by atoms with Crippen molar-refractivity contribution in [2.75, 3.05) is 19.0 Å². The van der Waals surface area contributed by atoms with E-state index in [-0.39, 0.29) is 5.57 Å². The highest BCUT2D eigenvalue weighted by atomic mass is 127. The van der Waals surface area contributed by atoms with Gasteiger partial charge in [-0.25, -0.2) is 0 Å². The van der Waals surface area contributed by atoms with Gasteiger partial charge in [0, 0.05) is 10.2 Å². The zero-order valence-corrected chi connectivity index (χ0v) is 18.6. The molecule has 0 atom stereocenters. The van der Waals surface area contributed by atoms with E-state index in [1.54, 1.807) is 25.3 Å². The number of hydrogen-bond donors (Lipinski definition) is 1. The highest BCUT2D eigenvalue weighted by Crippen LogP contribution is 2.34. The van der Waals surface area contributed by atoms with Crippen molar-refractivity contribution in [2.45, 2.75) is 13.3 Å². The minimum Gasteiger partial charge on any atom is -0.493 e. The van der Waals surface area contributed by atoms with Crippen LogP contribution in [0, 0.1) is 14.9 Å². The molecule has 0 fully saturated rings. The van der Waals surface area contributed by atoms with Gasteiger partial charge in [-0.1, -0.05) is 22.9 Å². The summed E-state index contributed by atoms with van der Waals surface area (Å²) >= 11 is 5.49. The van der Waals surface area contributed by atoms with E-state index in [2.05, 4.69) is 43.8 Å². The molecule has 0 aromatic heterocycles. The van der Waals surface area contributed by atoms with E-state index >= 15 is 0 Å². The summed E-state index contributed by atoms with van der Waals surface area (Å²) in [4.78, 5) is 12.4. The number of anilines is 1. The number of carbonyl (C=O) groups excluding carboxylic acids is 1. The number of carbonyl (C=O) groups is 1. The van der Waals surface area contributed by atoms with Crippen molar-refractivity contribution in [3.8, 4) is 17.6 Å². The van der Waals surface area contributed by atoms with Gasteiger partial charge in [-0.2, -0.15) is 5.26 Å². The molecule has 0 saturated carbocycles. The molecule has 1 N–H and O–H groups in total. The number of methoxy groups -OCH3 is 1. The van der Waals surface area contributed by atoms with Crippen molar-refractivity contribution in [1.82, 2.24) is 0 Å². The standard InChI is InChI=1S/C20H18BrIN2O3/c1-3-8-27-19-17(22)10-13(11-18(19)26-2)9-14(12-23)20(25)24-16-6-4-15(21)5-7-16/h4-7,9-11H,3,8H2,1-2H3,(H,24,25)/b14-9+. The number of ether oxygens (including phenoxy) is 2. The van der Waals surface area contributed by atoms with Gasteiger partial charge in [0.2, 0.25) is 0 Å². The molecule has 2 rings (SSSR count). The summed E-state index contributed by atoms with van der Waals surface area (Å²) in [6.07, 6.45) is 2.41. The fourth-order valence-corrected chi connectivity index (χ4v) is 3.26. The molecule has 0 bridgehead atoms. The van der Waals surface area contributed by atoms with E-state index in [1.165, 1.54) is 6.08 Å². The summed E-state index contributed by atoms with van der Waals surface area (Å²) < 4.78 is 12.9. The lowest BCUT2D eigenvalue weighted by Crippen LogP contribution is -2.13. The van der Waals surface area contributed by atoms with Crippen molar-refractivity contribution in [3.63, 3.8) is 0 Å². The van der Waals surface area contributed by atoms with Crippen LogP contribution in [0.15, 0.2) is 46.4 Å². The summed E-state index contributed by atoms with van der Waals surface area (Å²) in [6.45, 7) is 2.61. The Morgan fingerprint density at radius 2 is 2.04 bits per heavy atom. The van der Waals surface area contributed by atoms with Gasteiger partial charge >= 0.3 is 0 Å². The summed E-state index contributed by atoms with van der Waals surface area (Å²) in [5.74, 6) is 0.752. The number of halogens is 2. The van der Waals surface area contributed by atoms with Crippen LogP contribution in [0.4, 0.5) is 5.69 Å². The molecule has 0 heterocycles. The maximum Gasteiger partial charge on any atom is 0.266 e. The van der Waals surface area contributed by atoms with Crippen molar-refractivity contribution < 1.29 is 14.3 Å². The predicted octanol–water partition coefficient (Wildman–Crippen LogP) is 5.40. The Labute approximate surface area is 180 Å². The SMILES string of the molecule is CCCOc1c(I)cc(/C=C(\C#N)C(=O)Nc2ccc(Br)cc2)cc1OC. The van der Waals surface area contributed by atoms with Gasteiger partial charge in [-0.3, -0.25) is 4.79 Å². The summed E-state index contributed by atoms with van der Waals surface area (Å²) in [6, 6.07) is 12.7. The normalized spacial score (nSPS) is 10.9. The van der Waals surface area contributed by atoms with Crippen LogP contribution in [0.3, 0.4) is 0 Å². The highest BCUT2D eigenvalue weighted by molar-refractivity contribution is 14.1. The Balaban J connectivity index is 2.28. The Morgan fingerprint density at radius 1 is 1.33 bits per heavy atom. The zero-order valence-electron chi connectivity index (χ0n) is 14.9. The Kier molecular flexibility index (Phi) is 8.13. The van der Waals surface area contributed by atoms with Gasteiger partial charge in [0.15, 0.2) is 11.5 Å². The molecular formula is C20H18BrIN2O3. The average molecular weight is 541 g/mol. The number of amides is 1. The molecule has 0 aliphatic carbocycles. The van der Waals surface area contributed by atoms with Crippen molar-refractivity contribution in [2.24, 2.45) is 0 Å². The molecule has 2 aromatic rings. The number of nitrogens with one attached hydrogen (secondary N) is 1. The second kappa shape index (κ2) is 10.3. The quantitative estimate of drug-likeness (QED) is 0.290. The molecule has 1 amide bonds. The van der Waals surface area contributed by atoms with Crippen LogP contribution in [0.25, 0.3) is 6.08 Å². The molecule has 2 aromatic carbocycles. The summed E-state index contributed by atoms with van der Waals surface area (Å²) in [5, 5.41) is 12.1. The molecule has 7 heteroatoms. The number of rotatable bonds is 7. The first-order valence-corrected chi connectivity index (χ1v) is 10.0. The van der Waals surface area contributed by atoms with Crippen LogP contribution in [0.2, 0.25) is 0 Å². The van der Waals surface area contributed by atoms with Crippen LogP contribution >= 0.6 is 38.5 Å². The minimum atomic E-state index is -0.472. The van der Waals surface area contributed by atoms with Crippen LogP contribution in [0.5, 0.6) is 11.5 Å². The molecule has 0 aliphatic rings. The largest absolute Gasteiger partial charge is 0.493 e. The summed E-state index contributed by atoms with van der Waals surface area (Å²) in [5.41, 5.74) is 1.29. The summed E-state index contributed by atoms with van der Waals surface area (Å²) in [7, 11) is 1.56. The molecule has 0 unspecified atom stereocenters. The number of nitriles is 1. The molecule has 0 saturated heterocycles. The highest BCUT2D eigenvalue weighted by Gasteiger charge is 2.14. The zero-order chi connectivity index (χ0) is 19.8. The van der Waals surface area contributed by atoms with E-state index in [0.29, 0.717) is 29.4 Å². The molecule has 0 radical (unpaired) electrons. The van der Waals surface area contributed by atoms with Crippen molar-refractivity contribution >= 4 is 56.2 Å². The minimum absolute atomic E-state index is 0.00185. The Morgan fingerprint density at radius 3 is 2.63 bits per heavy atom. The van der Waals surface area contributed by atoms with Crippen LogP contribution < -0.4 is 14.8 Å². The second-order valence-corrected chi connectivity index (χ2v) is 7.59. The number of nitrogens with zero attached hydrogens (tertiary/aromatic N) is 1. The van der Waals surface area contributed by atoms with Gasteiger partial charge in [0.25, 0.3) is 5.91 Å². The molecule has 0 aliphatic heterocycles.